The number of likely N-dealkylation sites (tertiary alicyclic amines) is 1. The molecule has 3 heterocycles. The molecule has 2 aliphatic carbocycles. The molecule has 2 saturated heterocycles. The van der Waals surface area contributed by atoms with Crippen LogP contribution in [0.5, 0.6) is 6.01 Å². The molecular weight excluding hydrogens is 574 g/mol. The van der Waals surface area contributed by atoms with Crippen molar-refractivity contribution < 1.29 is 18.3 Å². The molecule has 0 unspecified atom stereocenters. The first-order valence-electron chi connectivity index (χ1n) is 15.0. The summed E-state index contributed by atoms with van der Waals surface area (Å²) >= 11 is 6.53. The number of benzene rings is 1. The lowest BCUT2D eigenvalue weighted by Crippen LogP contribution is -2.55. The predicted octanol–water partition coefficient (Wildman–Crippen LogP) is 5.25. The number of carbonyl (C=O) groups is 1. The minimum absolute atomic E-state index is 0.0171. The quantitative estimate of drug-likeness (QED) is 0.413. The highest BCUT2D eigenvalue weighted by atomic mass is 35.5. The molecule has 0 N–H and O–H groups in total. The SMILES string of the molecule is C=C(F)C(=O)N1CCN(c2nc(OC[C@]3(C)CCCN3C)nc3c2CC[C@@]2(CCc4c(Cl)cccc42)[C@H]3F)C[C@@H]1CC#N. The van der Waals surface area contributed by atoms with E-state index in [0.29, 0.717) is 55.4 Å². The third kappa shape index (κ3) is 5.04. The van der Waals surface area contributed by atoms with Crippen LogP contribution >= 0.6 is 11.6 Å². The lowest BCUT2D eigenvalue weighted by Gasteiger charge is -2.43. The highest BCUT2D eigenvalue weighted by molar-refractivity contribution is 6.31. The minimum Gasteiger partial charge on any atom is -0.461 e. The number of ether oxygens (including phenoxy) is 1. The average molecular weight is 611 g/mol. The summed E-state index contributed by atoms with van der Waals surface area (Å²) in [6, 6.07) is 7.40. The largest absolute Gasteiger partial charge is 0.461 e. The standard InChI is InChI=1S/C32H37ClF2N6O2/c1-20(34)29(42)41-17-16-40(18-21(41)10-14-36)28-23-9-13-32(12-8-22-24(32)6-4-7-25(22)33)27(35)26(23)37-30(38-28)43-19-31(2)11-5-15-39(31)3/h4,6-7,21,27H,1,5,8-13,15-19H2,2-3H3/t21-,27-,31-,32+/m0/s1. The van der Waals surface area contributed by atoms with E-state index in [0.717, 1.165) is 36.1 Å². The van der Waals surface area contributed by atoms with Gasteiger partial charge in [0.05, 0.1) is 29.8 Å². The average Bonchev–Trinajstić information content (AvgIpc) is 3.54. The Balaban J connectivity index is 1.38. The summed E-state index contributed by atoms with van der Waals surface area (Å²) in [6.07, 6.45) is 3.15. The van der Waals surface area contributed by atoms with Crippen molar-refractivity contribution in [1.29, 1.82) is 5.26 Å². The van der Waals surface area contributed by atoms with E-state index < -0.39 is 29.4 Å². The number of carbonyl (C=O) groups excluding carboxylic acids is 1. The van der Waals surface area contributed by atoms with Gasteiger partial charge in [-0.3, -0.25) is 9.69 Å². The van der Waals surface area contributed by atoms with Crippen LogP contribution in [0.4, 0.5) is 14.6 Å². The maximum atomic E-state index is 17.0. The molecule has 11 heteroatoms. The van der Waals surface area contributed by atoms with E-state index >= 15 is 4.39 Å². The number of alkyl halides is 1. The predicted molar refractivity (Wildman–Crippen MR) is 160 cm³/mol. The molecule has 1 amide bonds. The number of nitriles is 1. The van der Waals surface area contributed by atoms with Crippen molar-refractivity contribution in [2.75, 3.05) is 44.7 Å². The normalized spacial score (nSPS) is 28.5. The van der Waals surface area contributed by atoms with E-state index in [4.69, 9.17) is 26.3 Å². The second kappa shape index (κ2) is 11.3. The van der Waals surface area contributed by atoms with E-state index in [1.807, 2.05) is 23.1 Å². The number of amides is 1. The summed E-state index contributed by atoms with van der Waals surface area (Å²) < 4.78 is 37.1. The molecule has 0 saturated carbocycles. The Morgan fingerprint density at radius 2 is 1.98 bits per heavy atom. The molecule has 1 aromatic heterocycles. The van der Waals surface area contributed by atoms with Crippen LogP contribution in [-0.4, -0.2) is 77.1 Å². The van der Waals surface area contributed by atoms with Crippen molar-refractivity contribution in [2.24, 2.45) is 0 Å². The van der Waals surface area contributed by atoms with Gasteiger partial charge in [0.15, 0.2) is 12.0 Å². The number of rotatable bonds is 6. The Morgan fingerprint density at radius 1 is 1.21 bits per heavy atom. The van der Waals surface area contributed by atoms with Gasteiger partial charge in [0.1, 0.15) is 12.4 Å². The van der Waals surface area contributed by atoms with Crippen molar-refractivity contribution in [3.8, 4) is 12.1 Å². The number of piperazine rings is 1. The van der Waals surface area contributed by atoms with Crippen LogP contribution in [-0.2, 0) is 23.1 Å². The number of anilines is 1. The van der Waals surface area contributed by atoms with Gasteiger partial charge >= 0.3 is 6.01 Å². The summed E-state index contributed by atoms with van der Waals surface area (Å²) in [7, 11) is 2.07. The molecule has 0 bridgehead atoms. The van der Waals surface area contributed by atoms with Crippen LogP contribution in [0.1, 0.15) is 67.6 Å². The maximum absolute atomic E-state index is 17.0. The number of nitrogens with zero attached hydrogens (tertiary/aromatic N) is 6. The van der Waals surface area contributed by atoms with Crippen molar-refractivity contribution in [3.05, 3.63) is 58.0 Å². The fraction of sp³-hybridized carbons (Fsp3) is 0.562. The topological polar surface area (TPSA) is 85.6 Å². The van der Waals surface area contributed by atoms with Crippen molar-refractivity contribution in [1.82, 2.24) is 19.8 Å². The molecule has 1 spiro atoms. The Labute approximate surface area is 256 Å². The third-order valence-corrected chi connectivity index (χ3v) is 10.6. The fourth-order valence-electron chi connectivity index (χ4n) is 7.58. The monoisotopic (exact) mass is 610 g/mol. The number of likely N-dealkylation sites (N-methyl/N-ethyl adjacent to an activating group) is 1. The molecule has 43 heavy (non-hydrogen) atoms. The van der Waals surface area contributed by atoms with E-state index in [2.05, 4.69) is 31.5 Å². The molecule has 228 valence electrons. The van der Waals surface area contributed by atoms with Gasteiger partial charge in [-0.2, -0.15) is 15.2 Å². The fourth-order valence-corrected chi connectivity index (χ4v) is 7.85. The van der Waals surface area contributed by atoms with Crippen LogP contribution in [0.3, 0.4) is 0 Å². The molecular formula is C32H37ClF2N6O2. The number of aromatic nitrogens is 2. The van der Waals surface area contributed by atoms with Gasteiger partial charge in [-0.1, -0.05) is 30.3 Å². The van der Waals surface area contributed by atoms with Gasteiger partial charge < -0.3 is 14.5 Å². The van der Waals surface area contributed by atoms with Crippen molar-refractivity contribution in [2.45, 2.75) is 75.0 Å². The summed E-state index contributed by atoms with van der Waals surface area (Å²) in [6.45, 7) is 7.40. The van der Waals surface area contributed by atoms with Gasteiger partial charge in [0.2, 0.25) is 0 Å². The third-order valence-electron chi connectivity index (χ3n) is 10.3. The minimum atomic E-state index is -1.39. The molecule has 8 nitrogen and oxygen atoms in total. The van der Waals surface area contributed by atoms with Crippen LogP contribution < -0.4 is 9.64 Å². The van der Waals surface area contributed by atoms with E-state index in [1.54, 1.807) is 0 Å². The van der Waals surface area contributed by atoms with Crippen molar-refractivity contribution >= 4 is 23.3 Å². The van der Waals surface area contributed by atoms with Gasteiger partial charge in [-0.25, -0.2) is 8.78 Å². The first-order valence-corrected chi connectivity index (χ1v) is 15.4. The summed E-state index contributed by atoms with van der Waals surface area (Å²) in [5, 5.41) is 10.2. The highest BCUT2D eigenvalue weighted by Gasteiger charge is 2.51. The van der Waals surface area contributed by atoms with Crippen LogP contribution in [0, 0.1) is 11.3 Å². The van der Waals surface area contributed by atoms with Crippen LogP contribution in [0.2, 0.25) is 5.02 Å². The Kier molecular flexibility index (Phi) is 7.84. The Bertz CT molecular complexity index is 1500. The van der Waals surface area contributed by atoms with Gasteiger partial charge in [-0.05, 0) is 76.2 Å². The van der Waals surface area contributed by atoms with Crippen LogP contribution in [0.15, 0.2) is 30.6 Å². The van der Waals surface area contributed by atoms with Gasteiger partial charge in [-0.15, -0.1) is 0 Å². The molecule has 6 rings (SSSR count). The summed E-state index contributed by atoms with van der Waals surface area (Å²) in [5.74, 6) is -1.31. The number of halogens is 3. The Hall–Kier alpha value is -3.29. The van der Waals surface area contributed by atoms with Crippen molar-refractivity contribution in [3.63, 3.8) is 0 Å². The summed E-state index contributed by atoms with van der Waals surface area (Å²) in [4.78, 5) is 27.7. The molecule has 2 aliphatic heterocycles. The second-order valence-electron chi connectivity index (χ2n) is 12.7. The highest BCUT2D eigenvalue weighted by Crippen LogP contribution is 2.56. The molecule has 4 aliphatic rings. The second-order valence-corrected chi connectivity index (χ2v) is 13.1. The lowest BCUT2D eigenvalue weighted by molar-refractivity contribution is -0.131. The van der Waals surface area contributed by atoms with Crippen LogP contribution in [0.25, 0.3) is 0 Å². The molecule has 0 radical (unpaired) electrons. The lowest BCUT2D eigenvalue weighted by atomic mass is 9.68. The van der Waals surface area contributed by atoms with E-state index in [1.165, 1.54) is 4.90 Å². The number of fused-ring (bicyclic) bond motifs is 3. The first kappa shape index (κ1) is 29.8. The molecule has 1 aromatic carbocycles. The van der Waals surface area contributed by atoms with Gasteiger partial charge in [0, 0.05) is 35.6 Å². The zero-order valence-electron chi connectivity index (χ0n) is 24.7. The molecule has 2 aromatic rings. The first-order chi connectivity index (χ1) is 20.6. The zero-order valence-corrected chi connectivity index (χ0v) is 25.5. The molecule has 2 fully saturated rings. The van der Waals surface area contributed by atoms with Gasteiger partial charge in [0.25, 0.3) is 5.91 Å². The summed E-state index contributed by atoms with van der Waals surface area (Å²) in [5.41, 5.74) is 2.09. The molecule has 4 atom stereocenters. The maximum Gasteiger partial charge on any atom is 0.318 e. The Morgan fingerprint density at radius 3 is 2.67 bits per heavy atom. The van der Waals surface area contributed by atoms with E-state index in [9.17, 15) is 14.4 Å². The number of hydrogen-bond acceptors (Lipinski definition) is 7. The smallest absolute Gasteiger partial charge is 0.318 e. The zero-order chi connectivity index (χ0) is 30.5. The van der Waals surface area contributed by atoms with E-state index in [-0.39, 0.29) is 31.1 Å². The number of hydrogen-bond donors (Lipinski definition) is 0.